The van der Waals surface area contributed by atoms with E-state index in [0.29, 0.717) is 32.5 Å². The molecule has 3 N–H and O–H groups in total. The van der Waals surface area contributed by atoms with Crippen LogP contribution in [0.25, 0.3) is 0 Å². The van der Waals surface area contributed by atoms with Gasteiger partial charge in [0.05, 0.1) is 11.6 Å². The number of nitrogens with one attached hydrogen (secondary N) is 3. The molecule has 4 rings (SSSR count). The van der Waals surface area contributed by atoms with Gasteiger partial charge in [-0.25, -0.2) is 18.6 Å². The van der Waals surface area contributed by atoms with Gasteiger partial charge in [-0.3, -0.25) is 19.3 Å². The van der Waals surface area contributed by atoms with Gasteiger partial charge < -0.3 is 25.6 Å². The molecule has 13 heteroatoms. The summed E-state index contributed by atoms with van der Waals surface area (Å²) in [4.78, 5) is 57.8. The molecule has 2 saturated heterocycles. The van der Waals surface area contributed by atoms with Crippen molar-refractivity contribution in [1.29, 1.82) is 0 Å². The fourth-order valence-electron chi connectivity index (χ4n) is 5.09. The van der Waals surface area contributed by atoms with E-state index >= 15 is 4.39 Å². The number of ether oxygens (including phenoxy) is 1. The molecule has 0 aliphatic carbocycles. The second-order valence-corrected chi connectivity index (χ2v) is 11.6. The van der Waals surface area contributed by atoms with Gasteiger partial charge in [0.2, 0.25) is 11.8 Å². The molecule has 1 atom stereocenters. The van der Waals surface area contributed by atoms with E-state index in [-0.39, 0.29) is 36.0 Å². The summed E-state index contributed by atoms with van der Waals surface area (Å²) in [6.07, 6.45) is 1.89. The van der Waals surface area contributed by atoms with Gasteiger partial charge in [0, 0.05) is 32.6 Å². The maximum atomic E-state index is 15.2. The Labute approximate surface area is 249 Å². The quantitative estimate of drug-likeness (QED) is 0.378. The number of anilines is 2. The molecule has 1 aromatic heterocycles. The molecule has 0 unspecified atom stereocenters. The van der Waals surface area contributed by atoms with Crippen molar-refractivity contribution in [3.63, 3.8) is 0 Å². The molecule has 3 heterocycles. The summed E-state index contributed by atoms with van der Waals surface area (Å²) in [7, 11) is 0. The number of alkyl carbamates (subject to hydrolysis) is 1. The van der Waals surface area contributed by atoms with Crippen molar-refractivity contribution in [2.45, 2.75) is 64.5 Å². The molecular formula is C30H38F2N6O5. The smallest absolute Gasteiger partial charge is 0.408 e. The Bertz CT molecular complexity index is 1360. The van der Waals surface area contributed by atoms with E-state index in [2.05, 4.69) is 20.9 Å². The highest BCUT2D eigenvalue weighted by Gasteiger charge is 2.36. The third kappa shape index (κ3) is 8.62. The topological polar surface area (TPSA) is 133 Å². The van der Waals surface area contributed by atoms with Crippen molar-refractivity contribution >= 4 is 35.5 Å². The molecule has 0 radical (unpaired) electrons. The molecule has 0 spiro atoms. The monoisotopic (exact) mass is 600 g/mol. The van der Waals surface area contributed by atoms with Crippen molar-refractivity contribution in [3.05, 3.63) is 53.1 Å². The number of imide groups is 1. The standard InChI is InChI=1S/C30H38F2N6O5/c1-30(2,3)43-29(42)35-18-25(40)38-21(9-10-24(38)39)17-34-28(41)22-16-23(32)27(37-13-4-5-14-37)36-26(22)33-12-11-19-7-6-8-20(31)15-19/h6-8,15-16,21H,4-5,9-14,17-18H2,1-3H3,(H,33,36)(H,34,41)(H,35,42)/t21-/m1/s1. The maximum Gasteiger partial charge on any atom is 0.408 e. The number of carbonyl (C=O) groups excluding carboxylic acids is 4. The van der Waals surface area contributed by atoms with Crippen molar-refractivity contribution in [2.75, 3.05) is 42.9 Å². The lowest BCUT2D eigenvalue weighted by molar-refractivity contribution is -0.143. The van der Waals surface area contributed by atoms with E-state index in [1.165, 1.54) is 12.1 Å². The van der Waals surface area contributed by atoms with Crippen LogP contribution in [0.4, 0.5) is 25.2 Å². The minimum atomic E-state index is -0.790. The molecular weight excluding hydrogens is 562 g/mol. The second kappa shape index (κ2) is 13.8. The van der Waals surface area contributed by atoms with E-state index in [4.69, 9.17) is 4.74 Å². The average Bonchev–Trinajstić information content (AvgIpc) is 3.60. The van der Waals surface area contributed by atoms with Crippen molar-refractivity contribution < 1.29 is 32.7 Å². The maximum absolute atomic E-state index is 15.2. The number of benzene rings is 1. The average molecular weight is 601 g/mol. The lowest BCUT2D eigenvalue weighted by atomic mass is 10.1. The fourth-order valence-corrected chi connectivity index (χ4v) is 5.09. The SMILES string of the molecule is CC(C)(C)OC(=O)NCC(=O)N1C(=O)CC[C@@H]1CNC(=O)c1cc(F)c(N2CCCC2)nc1NCCc1cccc(F)c1. The first-order valence-electron chi connectivity index (χ1n) is 14.4. The van der Waals surface area contributed by atoms with Crippen LogP contribution in [0.1, 0.15) is 62.4 Å². The summed E-state index contributed by atoms with van der Waals surface area (Å²) in [6, 6.07) is 6.66. The Morgan fingerprint density at radius 1 is 1.09 bits per heavy atom. The van der Waals surface area contributed by atoms with E-state index in [0.717, 1.165) is 29.4 Å². The molecule has 43 heavy (non-hydrogen) atoms. The summed E-state index contributed by atoms with van der Waals surface area (Å²) < 4.78 is 33.9. The zero-order chi connectivity index (χ0) is 31.1. The zero-order valence-corrected chi connectivity index (χ0v) is 24.7. The van der Waals surface area contributed by atoms with Crippen LogP contribution < -0.4 is 20.9 Å². The van der Waals surface area contributed by atoms with Crippen molar-refractivity contribution in [1.82, 2.24) is 20.5 Å². The van der Waals surface area contributed by atoms with Gasteiger partial charge in [-0.1, -0.05) is 12.1 Å². The first-order valence-corrected chi connectivity index (χ1v) is 14.4. The first-order chi connectivity index (χ1) is 20.4. The lowest BCUT2D eigenvalue weighted by Gasteiger charge is -2.24. The number of nitrogens with zero attached hydrogens (tertiary/aromatic N) is 3. The van der Waals surface area contributed by atoms with E-state index in [1.54, 1.807) is 32.9 Å². The number of likely N-dealkylation sites (tertiary alicyclic amines) is 1. The van der Waals surface area contributed by atoms with Gasteiger partial charge in [-0.2, -0.15) is 0 Å². The van der Waals surface area contributed by atoms with Gasteiger partial charge in [-0.15, -0.1) is 0 Å². The number of rotatable bonds is 10. The molecule has 2 fully saturated rings. The summed E-state index contributed by atoms with van der Waals surface area (Å²) in [6.45, 7) is 6.16. The van der Waals surface area contributed by atoms with Crippen LogP contribution in [-0.4, -0.2) is 78.1 Å². The number of hydrogen-bond acceptors (Lipinski definition) is 8. The second-order valence-electron chi connectivity index (χ2n) is 11.6. The summed E-state index contributed by atoms with van der Waals surface area (Å²) in [5.41, 5.74) is -0.0388. The minimum absolute atomic E-state index is 0.0338. The molecule has 11 nitrogen and oxygen atoms in total. The molecule has 2 aliphatic heterocycles. The van der Waals surface area contributed by atoms with Crippen LogP contribution in [0, 0.1) is 11.6 Å². The van der Waals surface area contributed by atoms with Crippen LogP contribution in [0.3, 0.4) is 0 Å². The van der Waals surface area contributed by atoms with Crippen LogP contribution in [0.5, 0.6) is 0 Å². The number of carbonyl (C=O) groups is 4. The van der Waals surface area contributed by atoms with E-state index in [9.17, 15) is 23.6 Å². The highest BCUT2D eigenvalue weighted by molar-refractivity contribution is 6.00. The fraction of sp³-hybridized carbons (Fsp3) is 0.500. The Morgan fingerprint density at radius 2 is 1.84 bits per heavy atom. The minimum Gasteiger partial charge on any atom is -0.444 e. The van der Waals surface area contributed by atoms with Gasteiger partial charge in [0.1, 0.15) is 23.8 Å². The molecule has 232 valence electrons. The third-order valence-electron chi connectivity index (χ3n) is 7.08. The highest BCUT2D eigenvalue weighted by Crippen LogP contribution is 2.27. The predicted molar refractivity (Wildman–Crippen MR) is 156 cm³/mol. The molecule has 0 saturated carbocycles. The number of hydrogen-bond donors (Lipinski definition) is 3. The molecule has 1 aromatic carbocycles. The first kappa shape index (κ1) is 31.6. The Hall–Kier alpha value is -4.29. The molecule has 0 bridgehead atoms. The Kier molecular flexibility index (Phi) is 10.1. The highest BCUT2D eigenvalue weighted by atomic mass is 19.1. The largest absolute Gasteiger partial charge is 0.444 e. The van der Waals surface area contributed by atoms with Gasteiger partial charge in [0.15, 0.2) is 11.6 Å². The van der Waals surface area contributed by atoms with Gasteiger partial charge >= 0.3 is 6.09 Å². The van der Waals surface area contributed by atoms with Crippen LogP contribution in [0.2, 0.25) is 0 Å². The number of aromatic nitrogens is 1. The third-order valence-corrected chi connectivity index (χ3v) is 7.08. The summed E-state index contributed by atoms with van der Waals surface area (Å²) >= 11 is 0. The van der Waals surface area contributed by atoms with Gasteiger partial charge in [0.25, 0.3) is 5.91 Å². The van der Waals surface area contributed by atoms with Gasteiger partial charge in [-0.05, 0) is 70.2 Å². The molecule has 2 aliphatic rings. The lowest BCUT2D eigenvalue weighted by Crippen LogP contribution is -2.49. The van der Waals surface area contributed by atoms with Crippen LogP contribution in [-0.2, 0) is 20.7 Å². The number of amides is 4. The van der Waals surface area contributed by atoms with Crippen molar-refractivity contribution in [3.8, 4) is 0 Å². The van der Waals surface area contributed by atoms with Crippen LogP contribution in [0.15, 0.2) is 30.3 Å². The predicted octanol–water partition coefficient (Wildman–Crippen LogP) is 3.39. The van der Waals surface area contributed by atoms with Crippen molar-refractivity contribution in [2.24, 2.45) is 0 Å². The number of halogens is 2. The normalized spacial score (nSPS) is 16.8. The summed E-state index contributed by atoms with van der Waals surface area (Å²) in [5.74, 6) is -2.35. The summed E-state index contributed by atoms with van der Waals surface area (Å²) in [5, 5.41) is 8.16. The Balaban J connectivity index is 1.43. The number of pyridine rings is 1. The van der Waals surface area contributed by atoms with Crippen LogP contribution >= 0.6 is 0 Å². The zero-order valence-electron chi connectivity index (χ0n) is 24.7. The van der Waals surface area contributed by atoms with E-state index in [1.807, 2.05) is 4.90 Å². The molecule has 2 aromatic rings. The Morgan fingerprint density at radius 3 is 2.53 bits per heavy atom. The van der Waals surface area contributed by atoms with E-state index < -0.39 is 47.8 Å². The molecule has 4 amide bonds.